The van der Waals surface area contributed by atoms with Gasteiger partial charge in [0.2, 0.25) is 6.79 Å². The van der Waals surface area contributed by atoms with Crippen LogP contribution in [0.15, 0.2) is 84.9 Å². The van der Waals surface area contributed by atoms with E-state index in [1.54, 1.807) is 41.0 Å². The Hall–Kier alpha value is -4.75. The maximum Gasteiger partial charge on any atom is 0.353 e. The summed E-state index contributed by atoms with van der Waals surface area (Å²) in [6.07, 6.45) is 0.754. The summed E-state index contributed by atoms with van der Waals surface area (Å²) in [5.41, 5.74) is 4.18. The molecule has 0 fully saturated rings. The third-order valence-corrected chi connectivity index (χ3v) is 7.42. The van der Waals surface area contributed by atoms with Crippen LogP contribution in [0.5, 0.6) is 17.2 Å². The fourth-order valence-corrected chi connectivity index (χ4v) is 5.46. The normalized spacial score (nSPS) is 12.8. The lowest BCUT2D eigenvalue weighted by Crippen LogP contribution is -2.15. The largest absolute Gasteiger partial charge is 0.489 e. The van der Waals surface area contributed by atoms with E-state index in [1.807, 2.05) is 55.5 Å². The summed E-state index contributed by atoms with van der Waals surface area (Å²) in [6, 6.07) is 25.2. The van der Waals surface area contributed by atoms with Crippen molar-refractivity contribution in [1.29, 1.82) is 0 Å². The van der Waals surface area contributed by atoms with Crippen molar-refractivity contribution in [1.82, 2.24) is 4.57 Å². The summed E-state index contributed by atoms with van der Waals surface area (Å²) < 4.78 is 18.9. The van der Waals surface area contributed by atoms with Gasteiger partial charge >= 0.3 is 5.97 Å². The molecule has 1 unspecified atom stereocenters. The number of rotatable bonds is 8. The molecule has 1 aliphatic heterocycles. The molecule has 1 aromatic heterocycles. The summed E-state index contributed by atoms with van der Waals surface area (Å²) in [5, 5.41) is 11.7. The molecule has 1 aliphatic rings. The minimum Gasteiger partial charge on any atom is -0.489 e. The summed E-state index contributed by atoms with van der Waals surface area (Å²) >= 11 is 6.67. The van der Waals surface area contributed by atoms with Crippen LogP contribution in [-0.4, -0.2) is 28.7 Å². The molecule has 0 bridgehead atoms. The predicted molar refractivity (Wildman–Crippen MR) is 152 cm³/mol. The van der Waals surface area contributed by atoms with Gasteiger partial charge < -0.3 is 23.9 Å². The summed E-state index contributed by atoms with van der Waals surface area (Å²) in [5.74, 6) is 0.611. The number of hydrogen-bond donors (Lipinski definition) is 1. The number of aromatic carboxylic acids is 1. The van der Waals surface area contributed by atoms with Crippen molar-refractivity contribution in [3.05, 3.63) is 112 Å². The second kappa shape index (κ2) is 10.4. The number of nitrogens with zero attached hydrogens (tertiary/aromatic N) is 1. The Bertz CT molecular complexity index is 1740. The van der Waals surface area contributed by atoms with E-state index < -0.39 is 12.0 Å². The Kier molecular flexibility index (Phi) is 6.66. The highest BCUT2D eigenvalue weighted by Crippen LogP contribution is 2.44. The van der Waals surface area contributed by atoms with Crippen LogP contribution >= 0.6 is 11.6 Å². The number of hydrogen-bond acceptors (Lipinski definition) is 5. The first-order chi connectivity index (χ1) is 19.4. The highest BCUT2D eigenvalue weighted by atomic mass is 35.5. The van der Waals surface area contributed by atoms with Gasteiger partial charge in [0, 0.05) is 27.6 Å². The lowest BCUT2D eigenvalue weighted by molar-refractivity contribution is 0.0685. The number of ether oxygens (including phenoxy) is 3. The molecule has 0 amide bonds. The van der Waals surface area contributed by atoms with Gasteiger partial charge in [-0.05, 0) is 47.9 Å². The van der Waals surface area contributed by atoms with Crippen LogP contribution in [0, 0.1) is 0 Å². The van der Waals surface area contributed by atoms with Gasteiger partial charge in [0.15, 0.2) is 11.5 Å². The maximum absolute atomic E-state index is 12.9. The quantitative estimate of drug-likeness (QED) is 0.202. The third kappa shape index (κ3) is 4.54. The van der Waals surface area contributed by atoms with Crippen molar-refractivity contribution >= 4 is 34.8 Å². The zero-order chi connectivity index (χ0) is 27.8. The summed E-state index contributed by atoms with van der Waals surface area (Å²) in [6.45, 7) is 2.36. The average Bonchev–Trinajstić information content (AvgIpc) is 3.57. The fraction of sp³-hybridized carbons (Fsp3) is 0.125. The highest BCUT2D eigenvalue weighted by molar-refractivity contribution is 6.31. The van der Waals surface area contributed by atoms with E-state index in [-0.39, 0.29) is 12.5 Å². The van der Waals surface area contributed by atoms with Gasteiger partial charge in [0.05, 0.1) is 11.6 Å². The smallest absolute Gasteiger partial charge is 0.353 e. The minimum absolute atomic E-state index is 0.0929. The van der Waals surface area contributed by atoms with E-state index >= 15 is 0 Å². The lowest BCUT2D eigenvalue weighted by Gasteiger charge is -2.20. The number of aromatic nitrogens is 1. The molecule has 7 nitrogen and oxygen atoms in total. The van der Waals surface area contributed by atoms with E-state index in [1.165, 1.54) is 0 Å². The molecule has 0 saturated carbocycles. The highest BCUT2D eigenvalue weighted by Gasteiger charge is 2.29. The first-order valence-corrected chi connectivity index (χ1v) is 13.0. The molecule has 40 heavy (non-hydrogen) atoms. The molecule has 200 valence electrons. The molecule has 0 radical (unpaired) electrons. The van der Waals surface area contributed by atoms with E-state index in [4.69, 9.17) is 25.8 Å². The number of carboxylic acids is 1. The van der Waals surface area contributed by atoms with Crippen molar-refractivity contribution < 1.29 is 28.9 Å². The van der Waals surface area contributed by atoms with E-state index in [2.05, 4.69) is 0 Å². The van der Waals surface area contributed by atoms with Crippen LogP contribution in [0.3, 0.4) is 0 Å². The van der Waals surface area contributed by atoms with Crippen LogP contribution in [0.2, 0.25) is 5.02 Å². The van der Waals surface area contributed by atoms with Gasteiger partial charge in [0.25, 0.3) is 0 Å². The van der Waals surface area contributed by atoms with Crippen molar-refractivity contribution in [2.75, 3.05) is 6.79 Å². The van der Waals surface area contributed by atoms with Gasteiger partial charge in [-0.25, -0.2) is 4.79 Å². The van der Waals surface area contributed by atoms with Crippen molar-refractivity contribution in [3.63, 3.8) is 0 Å². The van der Waals surface area contributed by atoms with Gasteiger partial charge in [-0.3, -0.25) is 4.79 Å². The number of aldehydes is 1. The Morgan fingerprint density at radius 2 is 1.75 bits per heavy atom. The third-order valence-electron chi connectivity index (χ3n) is 7.09. The molecule has 1 atom stereocenters. The Balaban J connectivity index is 1.54. The molecule has 6 rings (SSSR count). The van der Waals surface area contributed by atoms with Gasteiger partial charge in [-0.15, -0.1) is 0 Å². The Morgan fingerprint density at radius 3 is 2.45 bits per heavy atom. The van der Waals surface area contributed by atoms with Gasteiger partial charge in [-0.2, -0.15) is 0 Å². The summed E-state index contributed by atoms with van der Waals surface area (Å²) in [7, 11) is 0. The SMILES string of the molecule is CC(c1cc2c(cc1Cl)OCO2)n1c(C(=O)O)c(-c2ccc(C=O)cc2)c2cc(OCc3ccccc3)ccc21. The fourth-order valence-electron chi connectivity index (χ4n) is 5.15. The minimum atomic E-state index is -1.10. The molecule has 1 N–H and O–H groups in total. The molecule has 0 aliphatic carbocycles. The number of carboxylic acid groups (broad SMARTS) is 1. The zero-order valence-corrected chi connectivity index (χ0v) is 22.2. The molecule has 2 heterocycles. The number of fused-ring (bicyclic) bond motifs is 2. The van der Waals surface area contributed by atoms with Crippen LogP contribution in [0.1, 0.15) is 44.9 Å². The Morgan fingerprint density at radius 1 is 1.02 bits per heavy atom. The zero-order valence-electron chi connectivity index (χ0n) is 21.5. The molecule has 4 aromatic carbocycles. The summed E-state index contributed by atoms with van der Waals surface area (Å²) in [4.78, 5) is 24.2. The number of carbonyl (C=O) groups is 2. The van der Waals surface area contributed by atoms with Crippen LogP contribution in [0.25, 0.3) is 22.0 Å². The molecule has 5 aromatic rings. The average molecular weight is 554 g/mol. The van der Waals surface area contributed by atoms with E-state index in [0.717, 1.165) is 11.8 Å². The van der Waals surface area contributed by atoms with Crippen LogP contribution in [0.4, 0.5) is 0 Å². The Labute approximate surface area is 235 Å². The lowest BCUT2D eigenvalue weighted by atomic mass is 10.0. The molecular weight excluding hydrogens is 530 g/mol. The van der Waals surface area contributed by atoms with Crippen LogP contribution < -0.4 is 14.2 Å². The van der Waals surface area contributed by atoms with Gasteiger partial charge in [0.1, 0.15) is 24.3 Å². The van der Waals surface area contributed by atoms with E-state index in [9.17, 15) is 14.7 Å². The molecule has 0 spiro atoms. The molecule has 0 saturated heterocycles. The second-order valence-corrected chi connectivity index (χ2v) is 9.90. The topological polar surface area (TPSA) is 87.0 Å². The number of carbonyl (C=O) groups excluding carboxylic acids is 1. The van der Waals surface area contributed by atoms with Gasteiger partial charge in [-0.1, -0.05) is 66.2 Å². The standard InChI is InChI=1S/C32H24ClNO6/c1-19(24-14-28-29(15-26(24)33)40-18-39-28)34-27-12-11-23(38-17-21-5-3-2-4-6-21)13-25(27)30(31(34)32(36)37)22-9-7-20(16-35)8-10-22/h2-16,19H,17-18H2,1H3,(H,36,37). The monoisotopic (exact) mass is 553 g/mol. The van der Waals surface area contributed by atoms with Crippen molar-refractivity contribution in [2.24, 2.45) is 0 Å². The molecular formula is C32H24ClNO6. The number of benzene rings is 4. The first-order valence-electron chi connectivity index (χ1n) is 12.7. The second-order valence-electron chi connectivity index (χ2n) is 9.49. The maximum atomic E-state index is 12.9. The number of halogens is 1. The van der Waals surface area contributed by atoms with E-state index in [0.29, 0.717) is 62.0 Å². The molecule has 8 heteroatoms. The van der Waals surface area contributed by atoms with Crippen LogP contribution in [-0.2, 0) is 6.61 Å². The first kappa shape index (κ1) is 25.5. The van der Waals surface area contributed by atoms with Crippen molar-refractivity contribution in [2.45, 2.75) is 19.6 Å². The predicted octanol–water partition coefficient (Wildman–Crippen LogP) is 7.39. The van der Waals surface area contributed by atoms with Crippen molar-refractivity contribution in [3.8, 4) is 28.4 Å².